The maximum atomic E-state index is 5.90. The molecule has 2 rings (SSSR count). The lowest BCUT2D eigenvalue weighted by molar-refractivity contribution is 1.09. The van der Waals surface area contributed by atoms with Crippen molar-refractivity contribution in [3.05, 3.63) is 48.8 Å². The summed E-state index contributed by atoms with van der Waals surface area (Å²) < 4.78 is -0.474. The Balaban J connectivity index is 2.21. The van der Waals surface area contributed by atoms with Crippen molar-refractivity contribution in [3.8, 4) is 0 Å². The number of nitrogens with two attached hydrogens (primary N) is 1. The highest BCUT2D eigenvalue weighted by molar-refractivity contribution is 8.20. The van der Waals surface area contributed by atoms with E-state index >= 15 is 0 Å². The summed E-state index contributed by atoms with van der Waals surface area (Å²) in [7, 11) is 0. The molecule has 0 radical (unpaired) electrons. The van der Waals surface area contributed by atoms with Gasteiger partial charge in [0.15, 0.2) is 0 Å². The van der Waals surface area contributed by atoms with Crippen LogP contribution in [0.25, 0.3) is 0 Å². The van der Waals surface area contributed by atoms with Crippen LogP contribution in [-0.4, -0.2) is 19.0 Å². The molecular formula is C13H13N3S3. The van der Waals surface area contributed by atoms with Crippen molar-refractivity contribution in [1.82, 2.24) is 9.97 Å². The fourth-order valence-corrected chi connectivity index (χ4v) is 3.78. The maximum Gasteiger partial charge on any atom is 0.120 e. The molecule has 0 unspecified atom stereocenters. The van der Waals surface area contributed by atoms with Crippen LogP contribution < -0.4 is 5.73 Å². The van der Waals surface area contributed by atoms with E-state index in [2.05, 4.69) is 9.97 Å². The summed E-state index contributed by atoms with van der Waals surface area (Å²) >= 11 is 8.29. The summed E-state index contributed by atoms with van der Waals surface area (Å²) in [6, 6.07) is 11.5. The van der Waals surface area contributed by atoms with E-state index in [1.165, 1.54) is 23.5 Å². The second-order valence-electron chi connectivity index (χ2n) is 3.85. The quantitative estimate of drug-likeness (QED) is 0.519. The molecule has 0 atom stereocenters. The monoisotopic (exact) mass is 307 g/mol. The predicted molar refractivity (Wildman–Crippen MR) is 85.4 cm³/mol. The van der Waals surface area contributed by atoms with Gasteiger partial charge < -0.3 is 5.73 Å². The van der Waals surface area contributed by atoms with Crippen LogP contribution in [0.15, 0.2) is 58.8 Å². The standard InChI is InChI=1S/C13H13N3S3/c1-13(12(14)17,18-10-6-2-4-8-15-10)19-11-7-3-5-9-16-11/h2-9H,1H3,(H2,14,17). The van der Waals surface area contributed by atoms with E-state index in [0.717, 1.165) is 10.1 Å². The number of hydrogen-bond acceptors (Lipinski definition) is 5. The van der Waals surface area contributed by atoms with Gasteiger partial charge in [0.1, 0.15) is 4.08 Å². The minimum Gasteiger partial charge on any atom is -0.391 e. The summed E-state index contributed by atoms with van der Waals surface area (Å²) in [5, 5.41) is 1.78. The van der Waals surface area contributed by atoms with Gasteiger partial charge in [0, 0.05) is 12.4 Å². The van der Waals surface area contributed by atoms with E-state index in [1.54, 1.807) is 12.4 Å². The fourth-order valence-electron chi connectivity index (χ4n) is 1.34. The van der Waals surface area contributed by atoms with Crippen molar-refractivity contribution < 1.29 is 0 Å². The first-order valence-corrected chi connectivity index (χ1v) is 7.64. The third-order valence-corrected chi connectivity index (χ3v) is 5.61. The molecule has 0 amide bonds. The number of thiocarbonyl (C=S) groups is 1. The Bertz CT molecular complexity index is 504. The van der Waals surface area contributed by atoms with E-state index in [-0.39, 0.29) is 0 Å². The molecule has 3 nitrogen and oxygen atoms in total. The molecule has 98 valence electrons. The second-order valence-corrected chi connectivity index (χ2v) is 7.43. The van der Waals surface area contributed by atoms with Gasteiger partial charge in [-0.1, -0.05) is 47.9 Å². The Morgan fingerprint density at radius 2 is 1.53 bits per heavy atom. The Hall–Kier alpha value is -1.11. The largest absolute Gasteiger partial charge is 0.391 e. The molecule has 0 aliphatic carbocycles. The van der Waals surface area contributed by atoms with Crippen molar-refractivity contribution in [3.63, 3.8) is 0 Å². The zero-order valence-electron chi connectivity index (χ0n) is 10.3. The highest BCUT2D eigenvalue weighted by Crippen LogP contribution is 2.44. The Labute approximate surface area is 126 Å². The molecule has 0 saturated carbocycles. The van der Waals surface area contributed by atoms with Gasteiger partial charge in [-0.15, -0.1) is 0 Å². The van der Waals surface area contributed by atoms with Gasteiger partial charge in [-0.3, -0.25) is 0 Å². The second kappa shape index (κ2) is 6.36. The van der Waals surface area contributed by atoms with Gasteiger partial charge in [0.2, 0.25) is 0 Å². The number of rotatable bonds is 5. The Kier molecular flexibility index (Phi) is 4.79. The molecule has 6 heteroatoms. The van der Waals surface area contributed by atoms with Crippen molar-refractivity contribution in [2.45, 2.75) is 21.1 Å². The third kappa shape index (κ3) is 3.92. The number of aromatic nitrogens is 2. The first-order chi connectivity index (χ1) is 9.10. The van der Waals surface area contributed by atoms with Crippen LogP contribution in [0.4, 0.5) is 0 Å². The molecule has 0 bridgehead atoms. The summed E-state index contributed by atoms with van der Waals surface area (Å²) in [4.78, 5) is 9.03. The summed E-state index contributed by atoms with van der Waals surface area (Å²) in [5.41, 5.74) is 5.90. The molecule has 2 heterocycles. The number of hydrogen-bond donors (Lipinski definition) is 1. The zero-order chi connectivity index (χ0) is 13.7. The zero-order valence-corrected chi connectivity index (χ0v) is 12.8. The molecule has 0 spiro atoms. The molecular weight excluding hydrogens is 294 g/mol. The van der Waals surface area contributed by atoms with Crippen molar-refractivity contribution >= 4 is 40.7 Å². The molecule has 2 aromatic rings. The molecule has 2 N–H and O–H groups in total. The minimum absolute atomic E-state index is 0.429. The number of nitrogens with zero attached hydrogens (tertiary/aromatic N) is 2. The van der Waals surface area contributed by atoms with E-state index in [1.807, 2.05) is 43.3 Å². The van der Waals surface area contributed by atoms with Gasteiger partial charge in [-0.2, -0.15) is 0 Å². The number of thioether (sulfide) groups is 2. The van der Waals surface area contributed by atoms with E-state index in [9.17, 15) is 0 Å². The maximum absolute atomic E-state index is 5.90. The number of pyridine rings is 2. The molecule has 0 saturated heterocycles. The van der Waals surface area contributed by atoms with Crippen LogP contribution in [0.1, 0.15) is 6.92 Å². The molecule has 0 aliphatic heterocycles. The topological polar surface area (TPSA) is 51.8 Å². The van der Waals surface area contributed by atoms with Crippen molar-refractivity contribution in [1.29, 1.82) is 0 Å². The summed E-state index contributed by atoms with van der Waals surface area (Å²) in [6.07, 6.45) is 3.52. The molecule has 2 aromatic heterocycles. The third-order valence-electron chi connectivity index (χ3n) is 2.32. The van der Waals surface area contributed by atoms with Gasteiger partial charge in [-0.05, 0) is 31.2 Å². The summed E-state index contributed by atoms with van der Waals surface area (Å²) in [6.45, 7) is 1.99. The van der Waals surface area contributed by atoms with Gasteiger partial charge in [0.05, 0.1) is 15.0 Å². The van der Waals surface area contributed by atoms with Gasteiger partial charge in [0.25, 0.3) is 0 Å². The van der Waals surface area contributed by atoms with E-state index in [0.29, 0.717) is 4.99 Å². The smallest absolute Gasteiger partial charge is 0.120 e. The van der Waals surface area contributed by atoms with Crippen LogP contribution in [-0.2, 0) is 0 Å². The SMILES string of the molecule is CC(Sc1ccccn1)(Sc1ccccn1)C(N)=S. The first kappa shape index (κ1) is 14.3. The van der Waals surface area contributed by atoms with Crippen LogP contribution in [0.5, 0.6) is 0 Å². The van der Waals surface area contributed by atoms with Crippen LogP contribution in [0.2, 0.25) is 0 Å². The van der Waals surface area contributed by atoms with Crippen molar-refractivity contribution in [2.75, 3.05) is 0 Å². The van der Waals surface area contributed by atoms with Gasteiger partial charge >= 0.3 is 0 Å². The molecule has 19 heavy (non-hydrogen) atoms. The normalized spacial score (nSPS) is 11.2. The van der Waals surface area contributed by atoms with Crippen LogP contribution >= 0.6 is 35.7 Å². The summed E-state index contributed by atoms with van der Waals surface area (Å²) in [5.74, 6) is 0. The van der Waals surface area contributed by atoms with Crippen LogP contribution in [0, 0.1) is 0 Å². The molecule has 0 aromatic carbocycles. The highest BCUT2D eigenvalue weighted by atomic mass is 32.2. The fraction of sp³-hybridized carbons (Fsp3) is 0.154. The lowest BCUT2D eigenvalue weighted by Crippen LogP contribution is -2.33. The average Bonchev–Trinajstić information content (AvgIpc) is 2.40. The lowest BCUT2D eigenvalue weighted by Gasteiger charge is -2.26. The van der Waals surface area contributed by atoms with E-state index in [4.69, 9.17) is 18.0 Å². The lowest BCUT2D eigenvalue weighted by atomic mass is 10.5. The Morgan fingerprint density at radius 3 is 1.84 bits per heavy atom. The molecule has 0 fully saturated rings. The predicted octanol–water partition coefficient (Wildman–Crippen LogP) is 3.36. The Morgan fingerprint density at radius 1 is 1.05 bits per heavy atom. The minimum atomic E-state index is -0.474. The molecule has 0 aliphatic rings. The van der Waals surface area contributed by atoms with E-state index < -0.39 is 4.08 Å². The van der Waals surface area contributed by atoms with Gasteiger partial charge in [-0.25, -0.2) is 9.97 Å². The first-order valence-electron chi connectivity index (χ1n) is 5.60. The highest BCUT2D eigenvalue weighted by Gasteiger charge is 2.31. The van der Waals surface area contributed by atoms with Crippen LogP contribution in [0.3, 0.4) is 0 Å². The van der Waals surface area contributed by atoms with Crippen molar-refractivity contribution in [2.24, 2.45) is 5.73 Å². The average molecular weight is 307 g/mol.